The van der Waals surface area contributed by atoms with E-state index in [-0.39, 0.29) is 11.5 Å². The SMILES string of the molecule is CCCCCCCCCCCCCCCc1c(C)c(C)cc(O)c1O. The standard InChI is InChI=1S/C23H40O2/c1-4-5-6-7-8-9-10-11-12-13-14-15-16-17-21-20(3)19(2)18-22(24)23(21)25/h18,24-25H,4-17H2,1-3H3. The molecule has 0 radical (unpaired) electrons. The smallest absolute Gasteiger partial charge is 0.160 e. The van der Waals surface area contributed by atoms with Gasteiger partial charge in [0.1, 0.15) is 0 Å². The first-order valence-corrected chi connectivity index (χ1v) is 10.6. The van der Waals surface area contributed by atoms with Crippen LogP contribution in [0.1, 0.15) is 107 Å². The maximum atomic E-state index is 10.0. The molecule has 1 aromatic carbocycles. The minimum absolute atomic E-state index is 0.0211. The molecule has 0 aromatic heterocycles. The predicted octanol–water partition coefficient (Wildman–Crippen LogP) is 7.35. The Balaban J connectivity index is 2.03. The van der Waals surface area contributed by atoms with Crippen LogP contribution in [-0.4, -0.2) is 10.2 Å². The van der Waals surface area contributed by atoms with Gasteiger partial charge in [-0.3, -0.25) is 0 Å². The normalized spacial score (nSPS) is 11.2. The Morgan fingerprint density at radius 3 is 1.60 bits per heavy atom. The van der Waals surface area contributed by atoms with Crippen LogP contribution < -0.4 is 0 Å². The van der Waals surface area contributed by atoms with Crippen molar-refractivity contribution in [3.05, 3.63) is 22.8 Å². The zero-order valence-corrected chi connectivity index (χ0v) is 16.9. The van der Waals surface area contributed by atoms with Crippen molar-refractivity contribution in [2.24, 2.45) is 0 Å². The van der Waals surface area contributed by atoms with Gasteiger partial charge in [0.2, 0.25) is 0 Å². The Bertz CT molecular complexity index is 453. The number of aryl methyl sites for hydroxylation is 1. The molecule has 0 spiro atoms. The first-order valence-electron chi connectivity index (χ1n) is 10.6. The number of hydrogen-bond donors (Lipinski definition) is 2. The maximum absolute atomic E-state index is 10.0. The summed E-state index contributed by atoms with van der Waals surface area (Å²) in [5.74, 6) is 0.106. The third-order valence-corrected chi connectivity index (χ3v) is 5.46. The number of benzene rings is 1. The Hall–Kier alpha value is -1.18. The molecule has 0 heterocycles. The molecule has 1 aromatic rings. The number of unbranched alkanes of at least 4 members (excludes halogenated alkanes) is 12. The lowest BCUT2D eigenvalue weighted by atomic mass is 9.96. The highest BCUT2D eigenvalue weighted by Crippen LogP contribution is 2.34. The van der Waals surface area contributed by atoms with Gasteiger partial charge in [0.05, 0.1) is 0 Å². The summed E-state index contributed by atoms with van der Waals surface area (Å²) in [6.45, 7) is 6.29. The van der Waals surface area contributed by atoms with Crippen LogP contribution in [0, 0.1) is 13.8 Å². The van der Waals surface area contributed by atoms with Gasteiger partial charge in [-0.1, -0.05) is 84.0 Å². The summed E-state index contributed by atoms with van der Waals surface area (Å²) in [6.07, 6.45) is 18.4. The monoisotopic (exact) mass is 348 g/mol. The zero-order chi connectivity index (χ0) is 18.5. The van der Waals surface area contributed by atoms with Crippen molar-refractivity contribution in [1.82, 2.24) is 0 Å². The van der Waals surface area contributed by atoms with E-state index in [4.69, 9.17) is 0 Å². The summed E-state index contributed by atoms with van der Waals surface area (Å²) in [7, 11) is 0. The number of rotatable bonds is 14. The van der Waals surface area contributed by atoms with Gasteiger partial charge in [0.15, 0.2) is 11.5 Å². The van der Waals surface area contributed by atoms with E-state index in [2.05, 4.69) is 6.92 Å². The highest BCUT2D eigenvalue weighted by Gasteiger charge is 2.11. The van der Waals surface area contributed by atoms with E-state index >= 15 is 0 Å². The minimum atomic E-state index is 0.0211. The van der Waals surface area contributed by atoms with E-state index in [0.717, 1.165) is 29.5 Å². The van der Waals surface area contributed by atoms with Gasteiger partial charge in [0, 0.05) is 5.56 Å². The Labute approximate surface area is 155 Å². The van der Waals surface area contributed by atoms with Crippen LogP contribution in [0.25, 0.3) is 0 Å². The lowest BCUT2D eigenvalue weighted by molar-refractivity contribution is 0.397. The first-order chi connectivity index (χ1) is 12.1. The van der Waals surface area contributed by atoms with E-state index in [1.165, 1.54) is 77.0 Å². The second-order valence-corrected chi connectivity index (χ2v) is 7.66. The molecule has 0 aliphatic carbocycles. The van der Waals surface area contributed by atoms with Crippen LogP contribution >= 0.6 is 0 Å². The number of aromatic hydroxyl groups is 2. The second-order valence-electron chi connectivity index (χ2n) is 7.66. The van der Waals surface area contributed by atoms with E-state index in [1.807, 2.05) is 13.8 Å². The van der Waals surface area contributed by atoms with Crippen molar-refractivity contribution in [1.29, 1.82) is 0 Å². The topological polar surface area (TPSA) is 40.5 Å². The molecular formula is C23H40O2. The summed E-state index contributed by atoms with van der Waals surface area (Å²) >= 11 is 0. The Morgan fingerprint density at radius 2 is 1.12 bits per heavy atom. The van der Waals surface area contributed by atoms with Crippen molar-refractivity contribution >= 4 is 0 Å². The van der Waals surface area contributed by atoms with Crippen LogP contribution in [0.5, 0.6) is 11.5 Å². The van der Waals surface area contributed by atoms with Crippen molar-refractivity contribution in [2.75, 3.05) is 0 Å². The molecule has 1 rings (SSSR count). The van der Waals surface area contributed by atoms with Crippen LogP contribution in [0.2, 0.25) is 0 Å². The molecule has 0 aliphatic rings. The Morgan fingerprint density at radius 1 is 0.680 bits per heavy atom. The third-order valence-electron chi connectivity index (χ3n) is 5.46. The minimum Gasteiger partial charge on any atom is -0.504 e. The molecule has 2 heteroatoms. The number of hydrogen-bond acceptors (Lipinski definition) is 2. The fourth-order valence-corrected chi connectivity index (χ4v) is 3.58. The summed E-state index contributed by atoms with van der Waals surface area (Å²) in [6, 6.07) is 1.65. The lowest BCUT2D eigenvalue weighted by Gasteiger charge is -2.12. The van der Waals surface area contributed by atoms with Gasteiger partial charge >= 0.3 is 0 Å². The zero-order valence-electron chi connectivity index (χ0n) is 16.9. The first kappa shape index (κ1) is 21.9. The molecule has 0 aliphatic heterocycles. The Kier molecular flexibility index (Phi) is 11.4. The average molecular weight is 349 g/mol. The average Bonchev–Trinajstić information content (AvgIpc) is 2.60. The molecule has 144 valence electrons. The highest BCUT2D eigenvalue weighted by atomic mass is 16.3. The molecule has 0 fully saturated rings. The van der Waals surface area contributed by atoms with Gasteiger partial charge in [-0.2, -0.15) is 0 Å². The number of phenolic OH excluding ortho intramolecular Hbond substituents is 2. The van der Waals surface area contributed by atoms with Crippen LogP contribution in [0.15, 0.2) is 6.07 Å². The molecule has 0 saturated carbocycles. The summed E-state index contributed by atoms with van der Waals surface area (Å²) in [5, 5.41) is 19.8. The molecule has 2 nitrogen and oxygen atoms in total. The van der Waals surface area contributed by atoms with Crippen LogP contribution in [0.3, 0.4) is 0 Å². The maximum Gasteiger partial charge on any atom is 0.160 e. The summed E-state index contributed by atoms with van der Waals surface area (Å²) < 4.78 is 0. The van der Waals surface area contributed by atoms with Crippen LogP contribution in [0.4, 0.5) is 0 Å². The number of phenols is 2. The summed E-state index contributed by atoms with van der Waals surface area (Å²) in [4.78, 5) is 0. The van der Waals surface area contributed by atoms with Crippen molar-refractivity contribution in [2.45, 2.75) is 111 Å². The van der Waals surface area contributed by atoms with Gasteiger partial charge < -0.3 is 10.2 Å². The van der Waals surface area contributed by atoms with E-state index in [1.54, 1.807) is 6.07 Å². The van der Waals surface area contributed by atoms with Crippen LogP contribution in [-0.2, 0) is 6.42 Å². The molecule has 0 unspecified atom stereocenters. The van der Waals surface area contributed by atoms with E-state index in [9.17, 15) is 10.2 Å². The lowest BCUT2D eigenvalue weighted by Crippen LogP contribution is -1.94. The van der Waals surface area contributed by atoms with Gasteiger partial charge in [0.25, 0.3) is 0 Å². The van der Waals surface area contributed by atoms with Gasteiger partial charge in [-0.25, -0.2) is 0 Å². The summed E-state index contributed by atoms with van der Waals surface area (Å²) in [5.41, 5.74) is 3.11. The van der Waals surface area contributed by atoms with Crippen molar-refractivity contribution < 1.29 is 10.2 Å². The van der Waals surface area contributed by atoms with E-state index < -0.39 is 0 Å². The van der Waals surface area contributed by atoms with Crippen molar-refractivity contribution in [3.8, 4) is 11.5 Å². The highest BCUT2D eigenvalue weighted by molar-refractivity contribution is 5.52. The third kappa shape index (κ3) is 8.65. The van der Waals surface area contributed by atoms with Gasteiger partial charge in [-0.15, -0.1) is 0 Å². The largest absolute Gasteiger partial charge is 0.504 e. The molecule has 25 heavy (non-hydrogen) atoms. The molecular weight excluding hydrogens is 308 g/mol. The van der Waals surface area contributed by atoms with E-state index in [0.29, 0.717) is 0 Å². The van der Waals surface area contributed by atoms with Gasteiger partial charge in [-0.05, 0) is 43.9 Å². The fourth-order valence-electron chi connectivity index (χ4n) is 3.58. The predicted molar refractivity (Wildman–Crippen MR) is 109 cm³/mol. The molecule has 0 saturated heterocycles. The fraction of sp³-hybridized carbons (Fsp3) is 0.739. The molecule has 0 bridgehead atoms. The van der Waals surface area contributed by atoms with Crippen molar-refractivity contribution in [3.63, 3.8) is 0 Å². The molecule has 0 atom stereocenters. The molecule has 2 N–H and O–H groups in total. The molecule has 0 amide bonds. The quantitative estimate of drug-likeness (QED) is 0.272. The second kappa shape index (κ2) is 13.1.